The van der Waals surface area contributed by atoms with Gasteiger partial charge in [-0.05, 0) is 18.2 Å². The highest BCUT2D eigenvalue weighted by atomic mass is 35.5. The second kappa shape index (κ2) is 5.79. The minimum absolute atomic E-state index is 0.422. The quantitative estimate of drug-likeness (QED) is 0.778. The third-order valence-electron chi connectivity index (χ3n) is 1.89. The highest BCUT2D eigenvalue weighted by Gasteiger charge is 2.27. The number of alkyl halides is 2. The molecule has 0 saturated carbocycles. The average Bonchev–Trinajstić information content (AvgIpc) is 2.27. The van der Waals surface area contributed by atoms with E-state index in [1.165, 1.54) is 6.07 Å². The first-order chi connectivity index (χ1) is 7.93. The van der Waals surface area contributed by atoms with E-state index in [4.69, 9.17) is 17.3 Å². The second-order valence-corrected chi connectivity index (χ2v) is 3.81. The fourth-order valence-corrected chi connectivity index (χ4v) is 1.21. The zero-order valence-corrected chi connectivity index (χ0v) is 9.60. The Hall–Kier alpha value is -1.40. The van der Waals surface area contributed by atoms with E-state index in [-0.39, 0.29) is 0 Å². The van der Waals surface area contributed by atoms with Crippen LogP contribution in [0.15, 0.2) is 24.3 Å². The van der Waals surface area contributed by atoms with E-state index in [2.05, 4.69) is 5.32 Å². The Morgan fingerprint density at radius 2 is 2.18 bits per heavy atom. The van der Waals surface area contributed by atoms with Crippen LogP contribution in [-0.4, -0.2) is 25.0 Å². The number of benzene rings is 1. The molecule has 0 spiro atoms. The smallest absolute Gasteiger partial charge is 0.319 e. The molecule has 1 aromatic carbocycles. The van der Waals surface area contributed by atoms with Crippen LogP contribution in [0.1, 0.15) is 0 Å². The molecule has 0 fully saturated rings. The van der Waals surface area contributed by atoms with Crippen LogP contribution >= 0.6 is 11.6 Å². The molecular formula is C10H12ClF2N3O. The summed E-state index contributed by atoms with van der Waals surface area (Å²) in [5, 5.41) is 4.83. The van der Waals surface area contributed by atoms with E-state index in [0.29, 0.717) is 10.7 Å². The van der Waals surface area contributed by atoms with Crippen LogP contribution in [0.2, 0.25) is 5.02 Å². The molecule has 2 amide bonds. The first-order valence-corrected chi connectivity index (χ1v) is 5.19. The number of hydrogen-bond donors (Lipinski definition) is 3. The molecule has 0 radical (unpaired) electrons. The Balaban J connectivity index is 2.45. The van der Waals surface area contributed by atoms with Crippen LogP contribution in [0.4, 0.5) is 19.3 Å². The van der Waals surface area contributed by atoms with Crippen molar-refractivity contribution in [1.29, 1.82) is 0 Å². The van der Waals surface area contributed by atoms with E-state index in [0.717, 1.165) is 0 Å². The second-order valence-electron chi connectivity index (χ2n) is 3.38. The number of carbonyl (C=O) groups excluding carboxylic acids is 1. The van der Waals surface area contributed by atoms with Crippen molar-refractivity contribution >= 4 is 23.3 Å². The summed E-state index contributed by atoms with van der Waals surface area (Å²) in [6.07, 6.45) is 0. The molecule has 0 heterocycles. The summed E-state index contributed by atoms with van der Waals surface area (Å²) < 4.78 is 25.5. The predicted octanol–water partition coefficient (Wildman–Crippen LogP) is 2.06. The number of urea groups is 1. The number of rotatable bonds is 4. The molecule has 0 aromatic heterocycles. The van der Waals surface area contributed by atoms with Crippen molar-refractivity contribution in [1.82, 2.24) is 5.32 Å². The SMILES string of the molecule is NCC(F)(F)CNC(=O)Nc1cccc(Cl)c1. The highest BCUT2D eigenvalue weighted by Crippen LogP contribution is 2.14. The molecule has 7 heteroatoms. The molecule has 1 aromatic rings. The maximum atomic E-state index is 12.7. The Morgan fingerprint density at radius 1 is 1.47 bits per heavy atom. The molecule has 0 aliphatic carbocycles. The van der Waals surface area contributed by atoms with Crippen LogP contribution in [0, 0.1) is 0 Å². The molecule has 1 rings (SSSR count). The summed E-state index contributed by atoms with van der Waals surface area (Å²) in [5.41, 5.74) is 5.25. The third-order valence-corrected chi connectivity index (χ3v) is 2.12. The van der Waals surface area contributed by atoms with Gasteiger partial charge in [-0.15, -0.1) is 0 Å². The molecule has 0 unspecified atom stereocenters. The number of nitrogens with two attached hydrogens (primary N) is 1. The Kier molecular flexibility index (Phi) is 4.65. The van der Waals surface area contributed by atoms with Crippen molar-refractivity contribution in [3.63, 3.8) is 0 Å². The number of amides is 2. The maximum Gasteiger partial charge on any atom is 0.319 e. The number of halogens is 3. The summed E-state index contributed by atoms with van der Waals surface area (Å²) in [6, 6.07) is 5.62. The topological polar surface area (TPSA) is 67.1 Å². The third kappa shape index (κ3) is 4.97. The Labute approximate surface area is 102 Å². The van der Waals surface area contributed by atoms with Gasteiger partial charge in [-0.3, -0.25) is 0 Å². The fourth-order valence-electron chi connectivity index (χ4n) is 1.02. The Morgan fingerprint density at radius 3 is 2.76 bits per heavy atom. The van der Waals surface area contributed by atoms with Crippen molar-refractivity contribution < 1.29 is 13.6 Å². The summed E-state index contributed by atoms with van der Waals surface area (Å²) in [5.74, 6) is -3.11. The van der Waals surface area contributed by atoms with Gasteiger partial charge in [0, 0.05) is 10.7 Å². The summed E-state index contributed by atoms with van der Waals surface area (Å²) in [6.45, 7) is -1.62. The average molecular weight is 264 g/mol. The molecule has 0 atom stereocenters. The van der Waals surface area contributed by atoms with Gasteiger partial charge in [0.1, 0.15) is 0 Å². The molecule has 4 N–H and O–H groups in total. The zero-order chi connectivity index (χ0) is 12.9. The van der Waals surface area contributed by atoms with Crippen LogP contribution in [0.3, 0.4) is 0 Å². The van der Waals surface area contributed by atoms with Gasteiger partial charge in [0.2, 0.25) is 0 Å². The molecule has 0 aliphatic rings. The van der Waals surface area contributed by atoms with Gasteiger partial charge in [-0.2, -0.15) is 0 Å². The minimum atomic E-state index is -3.11. The number of anilines is 1. The molecular weight excluding hydrogens is 252 g/mol. The van der Waals surface area contributed by atoms with E-state index >= 15 is 0 Å². The van der Waals surface area contributed by atoms with Crippen LogP contribution < -0.4 is 16.4 Å². The van der Waals surface area contributed by atoms with Crippen LogP contribution in [0.5, 0.6) is 0 Å². The van der Waals surface area contributed by atoms with Gasteiger partial charge in [-0.25, -0.2) is 13.6 Å². The Bertz CT molecular complexity index is 401. The van der Waals surface area contributed by atoms with Crippen LogP contribution in [-0.2, 0) is 0 Å². The number of hydrogen-bond acceptors (Lipinski definition) is 2. The van der Waals surface area contributed by atoms with Gasteiger partial charge < -0.3 is 16.4 Å². The lowest BCUT2D eigenvalue weighted by molar-refractivity contribution is 0.0148. The van der Waals surface area contributed by atoms with E-state index in [1.54, 1.807) is 18.2 Å². The number of nitrogens with one attached hydrogen (secondary N) is 2. The monoisotopic (exact) mass is 263 g/mol. The molecule has 0 aliphatic heterocycles. The highest BCUT2D eigenvalue weighted by molar-refractivity contribution is 6.30. The predicted molar refractivity (Wildman–Crippen MR) is 62.5 cm³/mol. The van der Waals surface area contributed by atoms with Crippen molar-refractivity contribution in [3.8, 4) is 0 Å². The summed E-state index contributed by atoms with van der Waals surface area (Å²) in [7, 11) is 0. The van der Waals surface area contributed by atoms with Gasteiger partial charge >= 0.3 is 6.03 Å². The summed E-state index contributed by atoms with van der Waals surface area (Å²) in [4.78, 5) is 11.2. The van der Waals surface area contributed by atoms with Gasteiger partial charge in [0.25, 0.3) is 5.92 Å². The van der Waals surface area contributed by atoms with Gasteiger partial charge in [-0.1, -0.05) is 17.7 Å². The van der Waals surface area contributed by atoms with E-state index < -0.39 is 25.0 Å². The molecule has 0 saturated heterocycles. The van der Waals surface area contributed by atoms with Crippen molar-refractivity contribution in [2.75, 3.05) is 18.4 Å². The summed E-state index contributed by atoms with van der Waals surface area (Å²) >= 11 is 5.69. The molecule has 94 valence electrons. The first kappa shape index (κ1) is 13.7. The van der Waals surface area contributed by atoms with Gasteiger partial charge in [0.05, 0.1) is 13.1 Å². The standard InChI is InChI=1S/C10H12ClF2N3O/c11-7-2-1-3-8(4-7)16-9(17)15-6-10(12,13)5-14/h1-4H,5-6,14H2,(H2,15,16,17). The number of carbonyl (C=O) groups is 1. The van der Waals surface area contributed by atoms with Crippen molar-refractivity contribution in [3.05, 3.63) is 29.3 Å². The lowest BCUT2D eigenvalue weighted by Crippen LogP contribution is -2.43. The normalized spacial score (nSPS) is 11.1. The van der Waals surface area contributed by atoms with E-state index in [1.807, 2.05) is 5.32 Å². The van der Waals surface area contributed by atoms with E-state index in [9.17, 15) is 13.6 Å². The lowest BCUT2D eigenvalue weighted by Gasteiger charge is -2.14. The fraction of sp³-hybridized carbons (Fsp3) is 0.300. The zero-order valence-electron chi connectivity index (χ0n) is 8.84. The van der Waals surface area contributed by atoms with Crippen molar-refractivity contribution in [2.45, 2.75) is 5.92 Å². The van der Waals surface area contributed by atoms with Crippen LogP contribution in [0.25, 0.3) is 0 Å². The molecule has 4 nitrogen and oxygen atoms in total. The molecule has 0 bridgehead atoms. The molecule has 17 heavy (non-hydrogen) atoms. The van der Waals surface area contributed by atoms with Gasteiger partial charge in [0.15, 0.2) is 0 Å². The minimum Gasteiger partial charge on any atom is -0.332 e. The lowest BCUT2D eigenvalue weighted by atomic mass is 10.3. The first-order valence-electron chi connectivity index (χ1n) is 4.81. The largest absolute Gasteiger partial charge is 0.332 e. The van der Waals surface area contributed by atoms with Crippen molar-refractivity contribution in [2.24, 2.45) is 5.73 Å². The maximum absolute atomic E-state index is 12.7.